The minimum Gasteiger partial charge on any atom is -0.493 e. The quantitative estimate of drug-likeness (QED) is 0.497. The standard InChI is InChI=1S/C20H19N3O3S2/c1-25-17-6-5-13(8-18(17)26-2)16-11-23-14(12-28-20(23)22-16)9-19(24)21-10-15-4-3-7-27-15/h3-8,11-12H,9-10H2,1-2H3,(H,21,24). The molecule has 0 saturated heterocycles. The number of imidazole rings is 1. The molecule has 3 heterocycles. The van der Waals surface area contributed by atoms with Crippen molar-refractivity contribution < 1.29 is 14.3 Å². The predicted molar refractivity (Wildman–Crippen MR) is 111 cm³/mol. The molecule has 4 aromatic rings. The first-order chi connectivity index (χ1) is 13.7. The summed E-state index contributed by atoms with van der Waals surface area (Å²) in [5.41, 5.74) is 2.68. The summed E-state index contributed by atoms with van der Waals surface area (Å²) >= 11 is 3.16. The minimum absolute atomic E-state index is 0.00512. The average molecular weight is 414 g/mol. The molecule has 8 heteroatoms. The lowest BCUT2D eigenvalue weighted by molar-refractivity contribution is -0.120. The number of hydrogen-bond donors (Lipinski definition) is 1. The van der Waals surface area contributed by atoms with Crippen molar-refractivity contribution >= 4 is 33.5 Å². The second-order valence-electron chi connectivity index (χ2n) is 6.11. The zero-order valence-electron chi connectivity index (χ0n) is 15.5. The van der Waals surface area contributed by atoms with Gasteiger partial charge in [0.15, 0.2) is 16.5 Å². The molecule has 0 radical (unpaired) electrons. The number of thiophene rings is 1. The highest BCUT2D eigenvalue weighted by Crippen LogP contribution is 2.32. The highest BCUT2D eigenvalue weighted by molar-refractivity contribution is 7.15. The molecule has 3 aromatic heterocycles. The predicted octanol–water partition coefficient (Wildman–Crippen LogP) is 4.00. The van der Waals surface area contributed by atoms with Gasteiger partial charge in [0, 0.05) is 27.7 Å². The van der Waals surface area contributed by atoms with Crippen LogP contribution in [-0.4, -0.2) is 29.5 Å². The van der Waals surface area contributed by atoms with Crippen LogP contribution in [0.1, 0.15) is 10.6 Å². The van der Waals surface area contributed by atoms with Gasteiger partial charge in [0.1, 0.15) is 0 Å². The van der Waals surface area contributed by atoms with E-state index >= 15 is 0 Å². The van der Waals surface area contributed by atoms with E-state index in [9.17, 15) is 4.79 Å². The highest BCUT2D eigenvalue weighted by atomic mass is 32.1. The molecule has 1 N–H and O–H groups in total. The van der Waals surface area contributed by atoms with E-state index in [1.807, 2.05) is 51.7 Å². The zero-order chi connectivity index (χ0) is 19.5. The lowest BCUT2D eigenvalue weighted by atomic mass is 10.1. The first kappa shape index (κ1) is 18.5. The lowest BCUT2D eigenvalue weighted by Gasteiger charge is -2.08. The Hall–Kier alpha value is -2.84. The van der Waals surface area contributed by atoms with Gasteiger partial charge in [-0.05, 0) is 29.6 Å². The van der Waals surface area contributed by atoms with Gasteiger partial charge in [-0.15, -0.1) is 22.7 Å². The number of methoxy groups -OCH3 is 2. The van der Waals surface area contributed by atoms with E-state index in [4.69, 9.17) is 9.47 Å². The Labute approximate surface area is 170 Å². The summed E-state index contributed by atoms with van der Waals surface area (Å²) in [6.45, 7) is 0.560. The maximum absolute atomic E-state index is 12.3. The maximum atomic E-state index is 12.3. The van der Waals surface area contributed by atoms with Crippen molar-refractivity contribution in [2.24, 2.45) is 0 Å². The molecule has 28 heavy (non-hydrogen) atoms. The number of hydrogen-bond acceptors (Lipinski definition) is 6. The maximum Gasteiger partial charge on any atom is 0.226 e. The molecule has 144 valence electrons. The van der Waals surface area contributed by atoms with Gasteiger partial charge in [0.05, 0.1) is 32.9 Å². The van der Waals surface area contributed by atoms with Crippen LogP contribution in [0.3, 0.4) is 0 Å². The topological polar surface area (TPSA) is 64.9 Å². The number of rotatable bonds is 7. The van der Waals surface area contributed by atoms with Crippen LogP contribution in [0, 0.1) is 0 Å². The molecule has 0 atom stereocenters. The van der Waals surface area contributed by atoms with Crippen LogP contribution in [0.15, 0.2) is 47.3 Å². The second-order valence-corrected chi connectivity index (χ2v) is 7.98. The van der Waals surface area contributed by atoms with Gasteiger partial charge in [-0.2, -0.15) is 0 Å². The summed E-state index contributed by atoms with van der Waals surface area (Å²) < 4.78 is 12.6. The largest absolute Gasteiger partial charge is 0.493 e. The van der Waals surface area contributed by atoms with Crippen molar-refractivity contribution in [2.75, 3.05) is 14.2 Å². The number of aromatic nitrogens is 2. The molecule has 0 spiro atoms. The Bertz CT molecular complexity index is 1100. The van der Waals surface area contributed by atoms with Gasteiger partial charge in [0.25, 0.3) is 0 Å². The van der Waals surface area contributed by atoms with Gasteiger partial charge in [-0.1, -0.05) is 6.07 Å². The summed E-state index contributed by atoms with van der Waals surface area (Å²) in [7, 11) is 3.22. The number of benzene rings is 1. The molecule has 0 saturated carbocycles. The third-order valence-electron chi connectivity index (χ3n) is 4.34. The van der Waals surface area contributed by atoms with Crippen LogP contribution in [-0.2, 0) is 17.8 Å². The molecule has 0 fully saturated rings. The molecular formula is C20H19N3O3S2. The lowest BCUT2D eigenvalue weighted by Crippen LogP contribution is -2.24. The molecule has 0 unspecified atom stereocenters. The molecule has 4 rings (SSSR count). The summed E-state index contributed by atoms with van der Waals surface area (Å²) in [5, 5.41) is 6.95. The third kappa shape index (κ3) is 3.74. The first-order valence-electron chi connectivity index (χ1n) is 8.65. The SMILES string of the molecule is COc1ccc(-c2cn3c(CC(=O)NCc4cccs4)csc3n2)cc1OC. The van der Waals surface area contributed by atoms with Crippen LogP contribution in [0.25, 0.3) is 16.2 Å². The zero-order valence-corrected chi connectivity index (χ0v) is 17.1. The molecule has 0 aliphatic heterocycles. The summed E-state index contributed by atoms with van der Waals surface area (Å²) in [6, 6.07) is 9.70. The van der Waals surface area contributed by atoms with E-state index in [2.05, 4.69) is 10.3 Å². The van der Waals surface area contributed by atoms with Crippen LogP contribution in [0.4, 0.5) is 0 Å². The van der Waals surface area contributed by atoms with E-state index in [1.165, 1.54) is 11.3 Å². The number of carbonyl (C=O) groups excluding carboxylic acids is 1. The summed E-state index contributed by atoms with van der Waals surface area (Å²) in [6.07, 6.45) is 2.27. The van der Waals surface area contributed by atoms with E-state index < -0.39 is 0 Å². The number of fused-ring (bicyclic) bond motifs is 1. The van der Waals surface area contributed by atoms with Crippen molar-refractivity contribution in [3.63, 3.8) is 0 Å². The van der Waals surface area contributed by atoms with Crippen molar-refractivity contribution in [3.8, 4) is 22.8 Å². The molecule has 6 nitrogen and oxygen atoms in total. The Morgan fingerprint density at radius 2 is 2.04 bits per heavy atom. The fraction of sp³-hybridized carbons (Fsp3) is 0.200. The number of nitrogens with zero attached hydrogens (tertiary/aromatic N) is 2. The normalized spacial score (nSPS) is 10.9. The smallest absolute Gasteiger partial charge is 0.226 e. The van der Waals surface area contributed by atoms with Crippen molar-refractivity contribution in [2.45, 2.75) is 13.0 Å². The van der Waals surface area contributed by atoms with E-state index in [0.29, 0.717) is 24.5 Å². The van der Waals surface area contributed by atoms with E-state index in [-0.39, 0.29) is 5.91 Å². The van der Waals surface area contributed by atoms with E-state index in [0.717, 1.165) is 26.8 Å². The summed E-state index contributed by atoms with van der Waals surface area (Å²) in [5.74, 6) is 1.33. The summed E-state index contributed by atoms with van der Waals surface area (Å²) in [4.78, 5) is 19.0. The Morgan fingerprint density at radius 1 is 1.18 bits per heavy atom. The number of ether oxygens (including phenoxy) is 2. The van der Waals surface area contributed by atoms with Crippen LogP contribution in [0.5, 0.6) is 11.5 Å². The van der Waals surface area contributed by atoms with Crippen LogP contribution >= 0.6 is 22.7 Å². The Morgan fingerprint density at radius 3 is 2.79 bits per heavy atom. The van der Waals surface area contributed by atoms with Gasteiger partial charge in [-0.25, -0.2) is 4.98 Å². The number of thiazole rings is 1. The number of carbonyl (C=O) groups is 1. The van der Waals surface area contributed by atoms with Crippen molar-refractivity contribution in [3.05, 3.63) is 57.9 Å². The van der Waals surface area contributed by atoms with E-state index in [1.54, 1.807) is 25.6 Å². The molecule has 0 bridgehead atoms. The number of amides is 1. The molecule has 0 aliphatic carbocycles. The average Bonchev–Trinajstić information content (AvgIpc) is 3.44. The van der Waals surface area contributed by atoms with Crippen LogP contribution < -0.4 is 14.8 Å². The number of nitrogens with one attached hydrogen (secondary N) is 1. The molecule has 1 aromatic carbocycles. The molecular weight excluding hydrogens is 394 g/mol. The second kappa shape index (κ2) is 8.04. The van der Waals surface area contributed by atoms with Crippen molar-refractivity contribution in [1.82, 2.24) is 14.7 Å². The molecule has 0 aliphatic rings. The fourth-order valence-electron chi connectivity index (χ4n) is 2.92. The van der Waals surface area contributed by atoms with Gasteiger partial charge in [0.2, 0.25) is 5.91 Å². The highest BCUT2D eigenvalue weighted by Gasteiger charge is 2.14. The monoisotopic (exact) mass is 413 g/mol. The van der Waals surface area contributed by atoms with Crippen LogP contribution in [0.2, 0.25) is 0 Å². The van der Waals surface area contributed by atoms with Gasteiger partial charge >= 0.3 is 0 Å². The minimum atomic E-state index is -0.00512. The first-order valence-corrected chi connectivity index (χ1v) is 10.4. The Kier molecular flexibility index (Phi) is 5.31. The van der Waals surface area contributed by atoms with Gasteiger partial charge in [-0.3, -0.25) is 9.20 Å². The fourth-order valence-corrected chi connectivity index (χ4v) is 4.43. The van der Waals surface area contributed by atoms with Gasteiger partial charge < -0.3 is 14.8 Å². The third-order valence-corrected chi connectivity index (χ3v) is 6.11. The Balaban J connectivity index is 1.53. The van der Waals surface area contributed by atoms with Crippen molar-refractivity contribution in [1.29, 1.82) is 0 Å². The molecule has 1 amide bonds.